The SMILES string of the molecule is CO[C@@H](C([NH3+])=O)[C@H](NC(=O)c1ccc(NC(=O)c2ccc([N+](=O)[O-])cc2)cc1)C(=O)Nc1ccc(C(=O)Nc2ccc(C(=O)Nc3ccc(C(=O)O)c([O-])c3OC(C)C)c(O)c2OC(C)C)cc1. The van der Waals surface area contributed by atoms with Crippen LogP contribution in [0, 0.1) is 10.1 Å². The molecule has 0 aliphatic carbocycles. The number of carbonyl (C=O) groups excluding carboxylic acids is 6. The third kappa shape index (κ3) is 12.3. The molecule has 0 spiro atoms. The van der Waals surface area contributed by atoms with Crippen LogP contribution < -0.4 is 46.9 Å². The molecule has 0 aliphatic rings. The van der Waals surface area contributed by atoms with Gasteiger partial charge >= 0.3 is 11.9 Å². The van der Waals surface area contributed by atoms with Crippen LogP contribution in [0.3, 0.4) is 0 Å². The minimum atomic E-state index is -1.61. The number of phenols is 1. The lowest BCUT2D eigenvalue weighted by Crippen LogP contribution is -2.68. The number of non-ortho nitro benzene ring substituents is 1. The van der Waals surface area contributed by atoms with Gasteiger partial charge in [0.25, 0.3) is 29.3 Å². The number of ether oxygens (including phenoxy) is 3. The van der Waals surface area contributed by atoms with Crippen LogP contribution in [-0.4, -0.2) is 88.0 Å². The maximum atomic E-state index is 13.6. The number of nitrogens with one attached hydrogen (secondary N) is 5. The number of nitro benzene ring substituents is 1. The van der Waals surface area contributed by atoms with Crippen molar-refractivity contribution in [2.45, 2.75) is 52.0 Å². The van der Waals surface area contributed by atoms with Crippen LogP contribution in [0.15, 0.2) is 97.1 Å². The Morgan fingerprint density at radius 3 is 1.57 bits per heavy atom. The van der Waals surface area contributed by atoms with Crippen molar-refractivity contribution in [1.82, 2.24) is 5.32 Å². The Morgan fingerprint density at radius 2 is 1.07 bits per heavy atom. The minimum Gasteiger partial charge on any atom is -0.869 e. The molecule has 0 saturated heterocycles. The number of hydrogen-bond acceptors (Lipinski definition) is 14. The molecule has 22 nitrogen and oxygen atoms in total. The van der Waals surface area contributed by atoms with Gasteiger partial charge in [-0.1, -0.05) is 0 Å². The summed E-state index contributed by atoms with van der Waals surface area (Å²) >= 11 is 0. The zero-order valence-corrected chi connectivity index (χ0v) is 36.9. The first-order chi connectivity index (χ1) is 32.2. The largest absolute Gasteiger partial charge is 0.869 e. The van der Waals surface area contributed by atoms with E-state index < -0.39 is 93.5 Å². The third-order valence-corrected chi connectivity index (χ3v) is 9.53. The number of hydrogen-bond donors (Lipinski definition) is 8. The number of nitro groups is 1. The van der Waals surface area contributed by atoms with Crippen molar-refractivity contribution in [2.75, 3.05) is 28.4 Å². The average Bonchev–Trinajstić information content (AvgIpc) is 3.28. The second-order valence-electron chi connectivity index (χ2n) is 15.2. The molecule has 0 saturated carbocycles. The minimum absolute atomic E-state index is 0.0283. The number of anilines is 4. The van der Waals surface area contributed by atoms with E-state index in [-0.39, 0.29) is 56.4 Å². The Kier molecular flexibility index (Phi) is 16.1. The molecule has 0 unspecified atom stereocenters. The summed E-state index contributed by atoms with van der Waals surface area (Å²) in [6.07, 6.45) is -2.68. The van der Waals surface area contributed by atoms with Gasteiger partial charge in [-0.3, -0.25) is 39.8 Å². The van der Waals surface area contributed by atoms with Gasteiger partial charge < -0.3 is 56.1 Å². The van der Waals surface area contributed by atoms with Crippen LogP contribution in [0.2, 0.25) is 0 Å². The molecule has 0 radical (unpaired) electrons. The molecule has 2 atom stereocenters. The normalized spacial score (nSPS) is 11.7. The molecule has 0 bridgehead atoms. The molecule has 0 heterocycles. The van der Waals surface area contributed by atoms with Crippen LogP contribution in [0.5, 0.6) is 23.0 Å². The average molecular weight is 936 g/mol. The first-order valence-corrected chi connectivity index (χ1v) is 20.3. The zero-order chi connectivity index (χ0) is 50.0. The molecule has 5 aromatic rings. The Morgan fingerprint density at radius 1 is 0.618 bits per heavy atom. The number of carboxylic acids is 1. The van der Waals surface area contributed by atoms with E-state index in [1.54, 1.807) is 27.7 Å². The van der Waals surface area contributed by atoms with Crippen LogP contribution in [-0.2, 0) is 14.3 Å². The fourth-order valence-corrected chi connectivity index (χ4v) is 6.30. The van der Waals surface area contributed by atoms with Crippen LogP contribution in [0.4, 0.5) is 28.4 Å². The summed E-state index contributed by atoms with van der Waals surface area (Å²) < 4.78 is 16.5. The van der Waals surface area contributed by atoms with Gasteiger partial charge in [0, 0.05) is 47.3 Å². The highest BCUT2D eigenvalue weighted by molar-refractivity contribution is 6.11. The summed E-state index contributed by atoms with van der Waals surface area (Å²) in [5.74, 6) is -8.59. The highest BCUT2D eigenvalue weighted by atomic mass is 16.6. The Labute approximate surface area is 386 Å². The number of aromatic hydroxyl groups is 1. The number of phenolic OH excluding ortho intramolecular Hbond substituents is 1. The van der Waals surface area contributed by atoms with E-state index in [0.717, 1.165) is 13.2 Å². The van der Waals surface area contributed by atoms with E-state index in [4.69, 9.17) is 14.2 Å². The Hall–Kier alpha value is -8.89. The molecule has 0 aromatic heterocycles. The number of carboxylic acid groups (broad SMARTS) is 1. The van der Waals surface area contributed by atoms with Gasteiger partial charge in [0.15, 0.2) is 11.5 Å². The molecule has 5 aromatic carbocycles. The summed E-state index contributed by atoms with van der Waals surface area (Å²) in [7, 11) is 1.14. The van der Waals surface area contributed by atoms with Crippen molar-refractivity contribution in [1.29, 1.82) is 0 Å². The van der Waals surface area contributed by atoms with E-state index in [9.17, 15) is 59.0 Å². The smallest absolute Gasteiger partial charge is 0.340 e. The lowest BCUT2D eigenvalue weighted by molar-refractivity contribution is -0.384. The predicted molar refractivity (Wildman–Crippen MR) is 241 cm³/mol. The summed E-state index contributed by atoms with van der Waals surface area (Å²) in [6, 6.07) is 18.8. The fraction of sp³-hybridized carbons (Fsp3) is 0.196. The maximum absolute atomic E-state index is 13.6. The molecule has 354 valence electrons. The van der Waals surface area contributed by atoms with E-state index in [0.29, 0.717) is 0 Å². The number of nitrogens with zero attached hydrogens (tertiary/aromatic N) is 1. The number of methoxy groups -OCH3 is 1. The van der Waals surface area contributed by atoms with E-state index >= 15 is 0 Å². The lowest BCUT2D eigenvalue weighted by atomic mass is 10.1. The van der Waals surface area contributed by atoms with Crippen molar-refractivity contribution in [3.63, 3.8) is 0 Å². The van der Waals surface area contributed by atoms with Crippen LogP contribution >= 0.6 is 0 Å². The first kappa shape index (κ1) is 50.1. The summed E-state index contributed by atoms with van der Waals surface area (Å²) in [4.78, 5) is 101. The lowest BCUT2D eigenvalue weighted by Gasteiger charge is -2.23. The number of rotatable bonds is 19. The summed E-state index contributed by atoms with van der Waals surface area (Å²) in [5, 5.41) is 57.2. The second kappa shape index (κ2) is 21.9. The number of benzene rings is 5. The van der Waals surface area contributed by atoms with Crippen molar-refractivity contribution in [3.8, 4) is 23.0 Å². The molecule has 6 amide bonds. The van der Waals surface area contributed by atoms with Gasteiger partial charge in [0.05, 0.1) is 39.6 Å². The predicted octanol–water partition coefficient (Wildman–Crippen LogP) is 3.92. The zero-order valence-electron chi connectivity index (χ0n) is 36.9. The highest BCUT2D eigenvalue weighted by Crippen LogP contribution is 2.41. The van der Waals surface area contributed by atoms with Crippen molar-refractivity contribution in [2.24, 2.45) is 0 Å². The van der Waals surface area contributed by atoms with Crippen LogP contribution in [0.1, 0.15) is 79.5 Å². The molecular formula is C46H45N7O15. The molecule has 68 heavy (non-hydrogen) atoms. The molecule has 22 heteroatoms. The van der Waals surface area contributed by atoms with Gasteiger partial charge in [-0.2, -0.15) is 0 Å². The number of amides is 6. The first-order valence-electron chi connectivity index (χ1n) is 20.3. The summed E-state index contributed by atoms with van der Waals surface area (Å²) in [6.45, 7) is 6.45. The van der Waals surface area contributed by atoms with Gasteiger partial charge in [0.1, 0.15) is 11.8 Å². The van der Waals surface area contributed by atoms with Gasteiger partial charge in [0.2, 0.25) is 12.0 Å². The van der Waals surface area contributed by atoms with Crippen molar-refractivity contribution >= 4 is 69.8 Å². The quantitative estimate of drug-likeness (QED) is 0.0430. The monoisotopic (exact) mass is 935 g/mol. The fourth-order valence-electron chi connectivity index (χ4n) is 6.30. The number of aromatic carboxylic acids is 1. The van der Waals surface area contributed by atoms with E-state index in [1.807, 2.05) is 0 Å². The molecule has 10 N–H and O–H groups in total. The van der Waals surface area contributed by atoms with Gasteiger partial charge in [-0.25, -0.2) is 9.59 Å². The number of carbonyl (C=O) groups is 7. The van der Waals surface area contributed by atoms with Gasteiger partial charge in [-0.15, -0.1) is 0 Å². The Balaban J connectivity index is 1.28. The maximum Gasteiger partial charge on any atom is 0.340 e. The Bertz CT molecular complexity index is 2760. The molecular weight excluding hydrogens is 891 g/mol. The van der Waals surface area contributed by atoms with Crippen LogP contribution in [0.25, 0.3) is 0 Å². The molecule has 0 fully saturated rings. The van der Waals surface area contributed by atoms with Crippen molar-refractivity contribution < 1.29 is 73.7 Å². The van der Waals surface area contributed by atoms with Crippen molar-refractivity contribution in [3.05, 3.63) is 135 Å². The topological polar surface area (TPSA) is 342 Å². The van der Waals surface area contributed by atoms with E-state index in [1.165, 1.54) is 91.0 Å². The van der Waals surface area contributed by atoms with Gasteiger partial charge in [-0.05, 0) is 118 Å². The highest BCUT2D eigenvalue weighted by Gasteiger charge is 2.37. The third-order valence-electron chi connectivity index (χ3n) is 9.53. The molecule has 5 rings (SSSR count). The number of quaternary nitrogens is 1. The summed E-state index contributed by atoms with van der Waals surface area (Å²) in [5.41, 5.74) is 2.65. The standard InChI is InChI=1S/C46H45N7O15/c1-22(2)67-37-32(20-18-30(35(37)54)44(60)51-33-21-19-31(46(62)63)36(55)38(33)68-23(3)4)50-42(58)24-6-14-28(15-7-24)49-45(61)34(39(66-5)40(47)56)52-43(59)25-8-12-27(13-9-25)48-41(57)26-10-16-29(17-11-26)53(64)65/h6-23,34,39,54-55H,1-5H3,(H2,47,56)(H,48,57)(H,49,61)(H,50,58)(H,51,60)(H,52,59)(H,62,63)/t34-,39+/m0/s1. The second-order valence-corrected chi connectivity index (χ2v) is 15.2. The van der Waals surface area contributed by atoms with E-state index in [2.05, 4.69) is 32.3 Å². The molecule has 0 aliphatic heterocycles.